The maximum absolute atomic E-state index is 9.23. The molecule has 1 aromatic heterocycles. The molecule has 0 aliphatic heterocycles. The van der Waals surface area contributed by atoms with Crippen molar-refractivity contribution in [3.63, 3.8) is 0 Å². The van der Waals surface area contributed by atoms with Crippen LogP contribution >= 0.6 is 0 Å². The molecule has 1 rings (SSSR count). The van der Waals surface area contributed by atoms with Crippen molar-refractivity contribution in [3.05, 3.63) is 5.89 Å². The van der Waals surface area contributed by atoms with Gasteiger partial charge in [0.15, 0.2) is 0 Å². The lowest BCUT2D eigenvalue weighted by atomic mass is 10.4. The Bertz CT molecular complexity index is 316. The Balaban J connectivity index is 2.36. The SMILES string of the molecule is COCCNCc1nnc(N(C)CC(C)O)o1. The zero-order valence-electron chi connectivity index (χ0n) is 10.5. The number of nitrogens with zero attached hydrogens (tertiary/aromatic N) is 3. The summed E-state index contributed by atoms with van der Waals surface area (Å²) >= 11 is 0. The minimum atomic E-state index is -0.435. The van der Waals surface area contributed by atoms with Crippen LogP contribution in [0.3, 0.4) is 0 Å². The number of hydrogen-bond donors (Lipinski definition) is 2. The summed E-state index contributed by atoms with van der Waals surface area (Å²) in [7, 11) is 3.44. The molecule has 1 aromatic rings. The van der Waals surface area contributed by atoms with Gasteiger partial charge in [-0.2, -0.15) is 0 Å². The summed E-state index contributed by atoms with van der Waals surface area (Å²) in [5.74, 6) is 0.522. The number of rotatable bonds is 8. The Morgan fingerprint density at radius 2 is 2.29 bits per heavy atom. The number of likely N-dealkylation sites (N-methyl/N-ethyl adjacent to an activating group) is 1. The lowest BCUT2D eigenvalue weighted by Crippen LogP contribution is -2.27. The molecule has 0 saturated carbocycles. The lowest BCUT2D eigenvalue weighted by molar-refractivity contribution is 0.197. The predicted octanol–water partition coefficient (Wildman–Crippen LogP) is -0.377. The summed E-state index contributed by atoms with van der Waals surface area (Å²) in [6.07, 6.45) is -0.435. The number of aromatic nitrogens is 2. The van der Waals surface area contributed by atoms with E-state index in [9.17, 15) is 5.11 Å². The van der Waals surface area contributed by atoms with E-state index in [4.69, 9.17) is 9.15 Å². The maximum Gasteiger partial charge on any atom is 0.318 e. The van der Waals surface area contributed by atoms with Gasteiger partial charge in [-0.1, -0.05) is 5.10 Å². The summed E-state index contributed by atoms with van der Waals surface area (Å²) in [6.45, 7) is 4.05. The normalized spacial score (nSPS) is 12.7. The molecule has 0 bridgehead atoms. The molecule has 0 radical (unpaired) electrons. The van der Waals surface area contributed by atoms with Crippen LogP contribution in [0.4, 0.5) is 6.01 Å². The van der Waals surface area contributed by atoms with Gasteiger partial charge in [0, 0.05) is 27.2 Å². The highest BCUT2D eigenvalue weighted by atomic mass is 16.5. The van der Waals surface area contributed by atoms with Crippen molar-refractivity contribution in [1.82, 2.24) is 15.5 Å². The Hall–Kier alpha value is -1.18. The highest BCUT2D eigenvalue weighted by Crippen LogP contribution is 2.10. The van der Waals surface area contributed by atoms with Gasteiger partial charge in [-0.05, 0) is 6.92 Å². The number of nitrogens with one attached hydrogen (secondary N) is 1. The molecule has 0 saturated heterocycles. The Labute approximate surface area is 101 Å². The van der Waals surface area contributed by atoms with Crippen LogP contribution in [0.2, 0.25) is 0 Å². The third-order valence-electron chi connectivity index (χ3n) is 2.08. The lowest BCUT2D eigenvalue weighted by Gasteiger charge is -2.15. The van der Waals surface area contributed by atoms with E-state index in [0.717, 1.165) is 6.54 Å². The van der Waals surface area contributed by atoms with E-state index >= 15 is 0 Å². The average Bonchev–Trinajstić information content (AvgIpc) is 2.72. The van der Waals surface area contributed by atoms with Gasteiger partial charge in [-0.3, -0.25) is 0 Å². The van der Waals surface area contributed by atoms with E-state index < -0.39 is 6.10 Å². The summed E-state index contributed by atoms with van der Waals surface area (Å²) < 4.78 is 10.3. The van der Waals surface area contributed by atoms with Gasteiger partial charge in [-0.15, -0.1) is 5.10 Å². The molecular weight excluding hydrogens is 224 g/mol. The fourth-order valence-corrected chi connectivity index (χ4v) is 1.31. The first kappa shape index (κ1) is 13.9. The highest BCUT2D eigenvalue weighted by Gasteiger charge is 2.11. The zero-order valence-corrected chi connectivity index (χ0v) is 10.5. The molecule has 0 fully saturated rings. The van der Waals surface area contributed by atoms with Gasteiger partial charge in [-0.25, -0.2) is 0 Å². The summed E-state index contributed by atoms with van der Waals surface area (Å²) in [5.41, 5.74) is 0. The first-order valence-electron chi connectivity index (χ1n) is 5.54. The van der Waals surface area contributed by atoms with Crippen molar-refractivity contribution in [2.75, 3.05) is 38.8 Å². The topological polar surface area (TPSA) is 83.7 Å². The van der Waals surface area contributed by atoms with E-state index in [0.29, 0.717) is 31.6 Å². The van der Waals surface area contributed by atoms with E-state index in [1.54, 1.807) is 26.0 Å². The number of aliphatic hydroxyl groups is 1. The van der Waals surface area contributed by atoms with Gasteiger partial charge in [0.25, 0.3) is 0 Å². The quantitative estimate of drug-likeness (QED) is 0.603. The van der Waals surface area contributed by atoms with Crippen molar-refractivity contribution in [2.45, 2.75) is 19.6 Å². The van der Waals surface area contributed by atoms with Crippen LogP contribution in [0.5, 0.6) is 0 Å². The zero-order chi connectivity index (χ0) is 12.7. The van der Waals surface area contributed by atoms with Gasteiger partial charge in [0.1, 0.15) is 0 Å². The van der Waals surface area contributed by atoms with Crippen LogP contribution in [0.1, 0.15) is 12.8 Å². The van der Waals surface area contributed by atoms with Crippen LogP contribution in [-0.2, 0) is 11.3 Å². The largest absolute Gasteiger partial charge is 0.407 e. The number of ether oxygens (including phenoxy) is 1. The van der Waals surface area contributed by atoms with E-state index in [1.807, 2.05) is 0 Å². The minimum Gasteiger partial charge on any atom is -0.407 e. The molecule has 1 heterocycles. The van der Waals surface area contributed by atoms with Crippen molar-refractivity contribution in [2.24, 2.45) is 0 Å². The average molecular weight is 244 g/mol. The molecule has 98 valence electrons. The molecular formula is C10H20N4O3. The molecule has 0 aromatic carbocycles. The van der Waals surface area contributed by atoms with Crippen molar-refractivity contribution >= 4 is 6.01 Å². The van der Waals surface area contributed by atoms with Gasteiger partial charge >= 0.3 is 6.01 Å². The summed E-state index contributed by atoms with van der Waals surface area (Å²) in [6, 6.07) is 0.412. The third kappa shape index (κ3) is 5.12. The molecule has 2 N–H and O–H groups in total. The molecule has 1 unspecified atom stereocenters. The fourth-order valence-electron chi connectivity index (χ4n) is 1.31. The summed E-state index contributed by atoms with van der Waals surface area (Å²) in [5, 5.41) is 20.1. The fraction of sp³-hybridized carbons (Fsp3) is 0.800. The van der Waals surface area contributed by atoms with E-state index in [2.05, 4.69) is 15.5 Å². The number of aliphatic hydroxyl groups excluding tert-OH is 1. The molecule has 0 amide bonds. The van der Waals surface area contributed by atoms with Crippen molar-refractivity contribution in [3.8, 4) is 0 Å². The Kier molecular flexibility index (Phi) is 5.88. The maximum atomic E-state index is 9.23. The third-order valence-corrected chi connectivity index (χ3v) is 2.08. The smallest absolute Gasteiger partial charge is 0.318 e. The van der Waals surface area contributed by atoms with Crippen LogP contribution in [0.15, 0.2) is 4.42 Å². The second kappa shape index (κ2) is 7.21. The van der Waals surface area contributed by atoms with E-state index in [1.165, 1.54) is 0 Å². The molecule has 7 heteroatoms. The Morgan fingerprint density at radius 3 is 2.94 bits per heavy atom. The van der Waals surface area contributed by atoms with Crippen LogP contribution in [0.25, 0.3) is 0 Å². The number of hydrogen-bond acceptors (Lipinski definition) is 7. The van der Waals surface area contributed by atoms with Gasteiger partial charge in [0.2, 0.25) is 5.89 Å². The van der Waals surface area contributed by atoms with Gasteiger partial charge < -0.3 is 24.5 Å². The molecule has 0 spiro atoms. The molecule has 0 aliphatic rings. The standard InChI is InChI=1S/C10H20N4O3/c1-8(15)7-14(2)10-13-12-9(17-10)6-11-4-5-16-3/h8,11,15H,4-7H2,1-3H3. The minimum absolute atomic E-state index is 0.412. The highest BCUT2D eigenvalue weighted by molar-refractivity contribution is 5.21. The molecule has 17 heavy (non-hydrogen) atoms. The van der Waals surface area contributed by atoms with Gasteiger partial charge in [0.05, 0.1) is 19.3 Å². The molecule has 1 atom stereocenters. The van der Waals surface area contributed by atoms with E-state index in [-0.39, 0.29) is 0 Å². The van der Waals surface area contributed by atoms with Crippen LogP contribution in [-0.4, -0.2) is 55.3 Å². The second-order valence-corrected chi connectivity index (χ2v) is 3.88. The summed E-state index contributed by atoms with van der Waals surface area (Å²) in [4.78, 5) is 1.72. The molecule has 0 aliphatic carbocycles. The first-order chi connectivity index (χ1) is 8.13. The van der Waals surface area contributed by atoms with Crippen LogP contribution in [0, 0.1) is 0 Å². The first-order valence-corrected chi connectivity index (χ1v) is 5.54. The number of methoxy groups -OCH3 is 1. The van der Waals surface area contributed by atoms with Crippen LogP contribution < -0.4 is 10.2 Å². The van der Waals surface area contributed by atoms with Crippen molar-refractivity contribution in [1.29, 1.82) is 0 Å². The molecule has 7 nitrogen and oxygen atoms in total. The monoisotopic (exact) mass is 244 g/mol. The van der Waals surface area contributed by atoms with Crippen molar-refractivity contribution < 1.29 is 14.3 Å². The predicted molar refractivity (Wildman–Crippen MR) is 62.8 cm³/mol. The number of anilines is 1. The second-order valence-electron chi connectivity index (χ2n) is 3.88. The Morgan fingerprint density at radius 1 is 1.53 bits per heavy atom.